The lowest BCUT2D eigenvalue weighted by atomic mass is 10.1. The van der Waals surface area contributed by atoms with Crippen molar-refractivity contribution >= 4 is 51.2 Å². The summed E-state index contributed by atoms with van der Waals surface area (Å²) in [7, 11) is 1.33. The highest BCUT2D eigenvalue weighted by Gasteiger charge is 2.22. The van der Waals surface area contributed by atoms with E-state index >= 15 is 0 Å². The first-order valence-corrected chi connectivity index (χ1v) is 11.5. The fraction of sp³-hybridized carbons (Fsp3) is 0.273. The smallest absolute Gasteiger partial charge is 0.341 e. The molecule has 0 spiro atoms. The van der Waals surface area contributed by atoms with Gasteiger partial charge in [0.2, 0.25) is 5.91 Å². The van der Waals surface area contributed by atoms with Gasteiger partial charge in [-0.15, -0.1) is 22.7 Å². The number of methoxy groups -OCH3 is 1. The van der Waals surface area contributed by atoms with E-state index in [1.54, 1.807) is 0 Å². The Balaban J connectivity index is 1.58. The van der Waals surface area contributed by atoms with Crippen LogP contribution in [-0.4, -0.2) is 25.6 Å². The van der Waals surface area contributed by atoms with Gasteiger partial charge in [0.1, 0.15) is 16.3 Å². The second kappa shape index (κ2) is 10.1. The summed E-state index contributed by atoms with van der Waals surface area (Å²) in [5.41, 5.74) is 3.08. The molecule has 0 aliphatic rings. The summed E-state index contributed by atoms with van der Waals surface area (Å²) >= 11 is 9.02. The number of hydrogen-bond donors (Lipinski definition) is 1. The molecule has 2 aromatic heterocycles. The van der Waals surface area contributed by atoms with E-state index in [1.165, 1.54) is 29.8 Å². The van der Waals surface area contributed by atoms with E-state index in [2.05, 4.69) is 5.32 Å². The Kier molecular flexibility index (Phi) is 7.53. The van der Waals surface area contributed by atoms with Crippen molar-refractivity contribution in [3.63, 3.8) is 0 Å². The van der Waals surface area contributed by atoms with Gasteiger partial charge in [-0.1, -0.05) is 17.7 Å². The second-order valence-electron chi connectivity index (χ2n) is 6.69. The molecular weight excluding hydrogens is 442 g/mol. The first-order chi connectivity index (χ1) is 14.4. The number of halogens is 1. The Bertz CT molecular complexity index is 1020. The van der Waals surface area contributed by atoms with Crippen LogP contribution in [0.3, 0.4) is 0 Å². The van der Waals surface area contributed by atoms with Gasteiger partial charge in [0.15, 0.2) is 0 Å². The summed E-state index contributed by atoms with van der Waals surface area (Å²) in [6.45, 7) is 4.27. The van der Waals surface area contributed by atoms with Crippen molar-refractivity contribution in [2.24, 2.45) is 0 Å². The molecule has 0 unspecified atom stereocenters. The maximum atomic E-state index is 12.4. The van der Waals surface area contributed by atoms with Crippen molar-refractivity contribution in [2.45, 2.75) is 26.7 Å². The third-order valence-corrected chi connectivity index (χ3v) is 6.84. The molecule has 3 rings (SSSR count). The van der Waals surface area contributed by atoms with Gasteiger partial charge in [-0.3, -0.25) is 4.79 Å². The van der Waals surface area contributed by atoms with Crippen LogP contribution in [-0.2, 0) is 9.53 Å². The van der Waals surface area contributed by atoms with Gasteiger partial charge in [0.25, 0.3) is 0 Å². The minimum atomic E-state index is -0.466. The predicted molar refractivity (Wildman–Crippen MR) is 123 cm³/mol. The zero-order valence-electron chi connectivity index (χ0n) is 16.9. The second-order valence-corrected chi connectivity index (χ2v) is 8.90. The summed E-state index contributed by atoms with van der Waals surface area (Å²) in [6, 6.07) is 7.62. The molecule has 8 heteroatoms. The van der Waals surface area contributed by atoms with E-state index in [0.717, 1.165) is 32.3 Å². The van der Waals surface area contributed by atoms with Crippen LogP contribution >= 0.6 is 34.3 Å². The third kappa shape index (κ3) is 5.22. The Morgan fingerprint density at radius 2 is 1.90 bits per heavy atom. The molecule has 158 valence electrons. The van der Waals surface area contributed by atoms with E-state index in [0.29, 0.717) is 23.6 Å². The lowest BCUT2D eigenvalue weighted by Gasteiger charge is -2.10. The number of anilines is 1. The largest absolute Gasteiger partial charge is 0.494 e. The van der Waals surface area contributed by atoms with Crippen LogP contribution in [0, 0.1) is 13.8 Å². The van der Waals surface area contributed by atoms with E-state index in [9.17, 15) is 9.59 Å². The number of amides is 1. The predicted octanol–water partition coefficient (Wildman–Crippen LogP) is 6.33. The minimum absolute atomic E-state index is 0.174. The Morgan fingerprint density at radius 3 is 2.53 bits per heavy atom. The molecule has 0 bridgehead atoms. The maximum absolute atomic E-state index is 12.4. The van der Waals surface area contributed by atoms with Gasteiger partial charge in [-0.2, -0.15) is 0 Å². The molecule has 1 N–H and O–H groups in total. The molecule has 2 heterocycles. The molecule has 1 amide bonds. The normalized spacial score (nSPS) is 10.7. The van der Waals surface area contributed by atoms with Crippen molar-refractivity contribution < 1.29 is 19.1 Å². The van der Waals surface area contributed by atoms with Crippen LogP contribution in [0.15, 0.2) is 35.0 Å². The van der Waals surface area contributed by atoms with Crippen molar-refractivity contribution in [1.82, 2.24) is 0 Å². The van der Waals surface area contributed by atoms with Crippen LogP contribution < -0.4 is 10.1 Å². The molecule has 0 fully saturated rings. The summed E-state index contributed by atoms with van der Waals surface area (Å²) in [4.78, 5) is 25.7. The van der Waals surface area contributed by atoms with Crippen molar-refractivity contribution in [1.29, 1.82) is 0 Å². The molecule has 30 heavy (non-hydrogen) atoms. The topological polar surface area (TPSA) is 64.6 Å². The van der Waals surface area contributed by atoms with Crippen molar-refractivity contribution in [3.8, 4) is 16.2 Å². The SMILES string of the molecule is COC(=O)c1c(-c2cccs2)csc1NC(=O)CCCOc1cc(C)c(Cl)c(C)c1. The highest BCUT2D eigenvalue weighted by molar-refractivity contribution is 7.17. The Labute approximate surface area is 188 Å². The van der Waals surface area contributed by atoms with Gasteiger partial charge in [0.05, 0.1) is 13.7 Å². The number of thiophene rings is 2. The fourth-order valence-corrected chi connectivity index (χ4v) is 4.87. The molecule has 0 aliphatic carbocycles. The van der Waals surface area contributed by atoms with E-state index in [4.69, 9.17) is 21.1 Å². The number of nitrogens with one attached hydrogen (secondary N) is 1. The Hall–Kier alpha value is -2.35. The molecule has 0 saturated carbocycles. The summed E-state index contributed by atoms with van der Waals surface area (Å²) in [5, 5.41) is 7.88. The van der Waals surface area contributed by atoms with Crippen LogP contribution in [0.25, 0.3) is 10.4 Å². The number of aryl methyl sites for hydroxylation is 2. The molecular formula is C22H22ClNO4S2. The lowest BCUT2D eigenvalue weighted by molar-refractivity contribution is -0.116. The van der Waals surface area contributed by atoms with Gasteiger partial charge >= 0.3 is 5.97 Å². The zero-order chi connectivity index (χ0) is 21.7. The molecule has 0 aliphatic heterocycles. The Morgan fingerprint density at radius 1 is 1.17 bits per heavy atom. The number of ether oxygens (including phenoxy) is 2. The number of esters is 1. The first kappa shape index (κ1) is 22.3. The minimum Gasteiger partial charge on any atom is -0.494 e. The quantitative estimate of drug-likeness (QED) is 0.313. The zero-order valence-corrected chi connectivity index (χ0v) is 19.3. The van der Waals surface area contributed by atoms with E-state index in [-0.39, 0.29) is 12.3 Å². The van der Waals surface area contributed by atoms with Crippen LogP contribution in [0.5, 0.6) is 5.75 Å². The fourth-order valence-electron chi connectivity index (χ4n) is 2.97. The van der Waals surface area contributed by atoms with Gasteiger partial charge in [-0.25, -0.2) is 4.79 Å². The first-order valence-electron chi connectivity index (χ1n) is 9.33. The highest BCUT2D eigenvalue weighted by atomic mass is 35.5. The molecule has 3 aromatic rings. The maximum Gasteiger partial charge on any atom is 0.341 e. The van der Waals surface area contributed by atoms with Gasteiger partial charge in [0, 0.05) is 27.3 Å². The van der Waals surface area contributed by atoms with Gasteiger partial charge in [-0.05, 0) is 55.0 Å². The average Bonchev–Trinajstić information content (AvgIpc) is 3.38. The number of benzene rings is 1. The van der Waals surface area contributed by atoms with Crippen molar-refractivity contribution in [3.05, 3.63) is 56.7 Å². The summed E-state index contributed by atoms with van der Waals surface area (Å²) in [6.07, 6.45) is 0.821. The van der Waals surface area contributed by atoms with Crippen LogP contribution in [0.4, 0.5) is 5.00 Å². The highest BCUT2D eigenvalue weighted by Crippen LogP contribution is 2.38. The van der Waals surface area contributed by atoms with E-state index < -0.39 is 5.97 Å². The molecule has 1 aromatic carbocycles. The van der Waals surface area contributed by atoms with Crippen LogP contribution in [0.2, 0.25) is 5.02 Å². The van der Waals surface area contributed by atoms with Gasteiger partial charge < -0.3 is 14.8 Å². The molecule has 0 atom stereocenters. The molecule has 0 saturated heterocycles. The average molecular weight is 464 g/mol. The van der Waals surface area contributed by atoms with Crippen molar-refractivity contribution in [2.75, 3.05) is 19.0 Å². The standard InChI is InChI=1S/C22H22ClNO4S2/c1-13-10-15(11-14(2)20(13)23)28-8-4-7-18(25)24-21-19(22(26)27-3)16(12-30-21)17-6-5-9-29-17/h5-6,9-12H,4,7-8H2,1-3H3,(H,24,25). The monoisotopic (exact) mass is 463 g/mol. The summed E-state index contributed by atoms with van der Waals surface area (Å²) < 4.78 is 10.7. The number of carbonyl (C=O) groups is 2. The number of carbonyl (C=O) groups excluding carboxylic acids is 2. The van der Waals surface area contributed by atoms with E-state index in [1.807, 2.05) is 48.9 Å². The molecule has 0 radical (unpaired) electrons. The number of hydrogen-bond acceptors (Lipinski definition) is 6. The third-order valence-electron chi connectivity index (χ3n) is 4.45. The molecule has 5 nitrogen and oxygen atoms in total. The van der Waals surface area contributed by atoms with Crippen LogP contribution in [0.1, 0.15) is 34.3 Å². The summed E-state index contributed by atoms with van der Waals surface area (Å²) in [5.74, 6) is 0.0974. The lowest BCUT2D eigenvalue weighted by Crippen LogP contribution is -2.14. The number of rotatable bonds is 8.